The number of amides is 1. The number of nitrogens with zero attached hydrogens (tertiary/aromatic N) is 1. The quantitative estimate of drug-likeness (QED) is 0.267. The normalized spacial score (nSPS) is 12.2. The number of carbonyl (C=O) groups excluding carboxylic acids is 4. The highest BCUT2D eigenvalue weighted by Gasteiger charge is 2.32. The van der Waals surface area contributed by atoms with Crippen molar-refractivity contribution >= 4 is 24.0 Å². The minimum atomic E-state index is -1.13. The van der Waals surface area contributed by atoms with Gasteiger partial charge in [0, 0.05) is 6.92 Å². The summed E-state index contributed by atoms with van der Waals surface area (Å²) in [4.78, 5) is 48.9. The van der Waals surface area contributed by atoms with Gasteiger partial charge in [-0.1, -0.05) is 12.1 Å². The molecule has 32 heavy (non-hydrogen) atoms. The van der Waals surface area contributed by atoms with Crippen molar-refractivity contribution in [3.8, 4) is 5.75 Å². The highest BCUT2D eigenvalue weighted by atomic mass is 16.6. The molecule has 1 rings (SSSR count). The Hall–Kier alpha value is -3.34. The van der Waals surface area contributed by atoms with E-state index in [0.29, 0.717) is 0 Å². The smallest absolute Gasteiger partial charge is 0.412 e. The van der Waals surface area contributed by atoms with E-state index < -0.39 is 42.8 Å². The molecule has 0 saturated carbocycles. The number of hydrogen-bond donors (Lipinski definition) is 2. The van der Waals surface area contributed by atoms with Crippen molar-refractivity contribution in [1.82, 2.24) is 10.2 Å². The SMILES string of the molecule is CCOC(=O)C(Cc1ccc(O)cc1)NCCC(C(=O)OC)N(COC(C)=O)C(=O)OC. The summed E-state index contributed by atoms with van der Waals surface area (Å²) in [7, 11) is 2.29. The fourth-order valence-corrected chi connectivity index (χ4v) is 2.83. The molecule has 0 bridgehead atoms. The van der Waals surface area contributed by atoms with Crippen LogP contribution in [0.2, 0.25) is 0 Å². The summed E-state index contributed by atoms with van der Waals surface area (Å²) in [5.74, 6) is -1.77. The number of benzene rings is 1. The molecule has 1 aromatic carbocycles. The summed E-state index contributed by atoms with van der Waals surface area (Å²) in [6, 6.07) is 4.51. The van der Waals surface area contributed by atoms with Gasteiger partial charge in [-0.2, -0.15) is 0 Å². The van der Waals surface area contributed by atoms with E-state index in [1.165, 1.54) is 12.1 Å². The lowest BCUT2D eigenvalue weighted by molar-refractivity contribution is -0.154. The fourth-order valence-electron chi connectivity index (χ4n) is 2.83. The minimum absolute atomic E-state index is 0.0362. The molecule has 1 amide bonds. The highest BCUT2D eigenvalue weighted by molar-refractivity contribution is 5.81. The largest absolute Gasteiger partial charge is 0.508 e. The van der Waals surface area contributed by atoms with E-state index in [1.807, 2.05) is 0 Å². The Morgan fingerprint density at radius 3 is 2.22 bits per heavy atom. The number of rotatable bonds is 12. The number of phenolic OH excluding ortho intramolecular Hbond substituents is 1. The lowest BCUT2D eigenvalue weighted by atomic mass is 10.1. The topological polar surface area (TPSA) is 141 Å². The van der Waals surface area contributed by atoms with E-state index in [1.54, 1.807) is 19.1 Å². The molecular weight excluding hydrogens is 424 g/mol. The van der Waals surface area contributed by atoms with Gasteiger partial charge in [-0.25, -0.2) is 9.59 Å². The standard InChI is InChI=1S/C21H30N2O9/c1-5-31-19(26)17(12-15-6-8-16(25)9-7-15)22-11-10-18(20(27)29-3)23(21(28)30-4)13-32-14(2)24/h6-9,17-18,22,25H,5,10-13H2,1-4H3. The third-order valence-corrected chi connectivity index (χ3v) is 4.42. The molecule has 11 nitrogen and oxygen atoms in total. The van der Waals surface area contributed by atoms with Crippen molar-refractivity contribution in [3.05, 3.63) is 29.8 Å². The zero-order chi connectivity index (χ0) is 24.1. The summed E-state index contributed by atoms with van der Waals surface area (Å²) in [6.07, 6.45) is -0.572. The Morgan fingerprint density at radius 1 is 1.03 bits per heavy atom. The maximum absolute atomic E-state index is 12.4. The van der Waals surface area contributed by atoms with Crippen LogP contribution in [0, 0.1) is 0 Å². The molecule has 0 radical (unpaired) electrons. The Bertz CT molecular complexity index is 767. The minimum Gasteiger partial charge on any atom is -0.508 e. The monoisotopic (exact) mass is 454 g/mol. The molecule has 2 atom stereocenters. The second-order valence-corrected chi connectivity index (χ2v) is 6.66. The second-order valence-electron chi connectivity index (χ2n) is 6.66. The van der Waals surface area contributed by atoms with Crippen LogP contribution in [-0.4, -0.2) is 80.2 Å². The molecule has 2 N–H and O–H groups in total. The number of aromatic hydroxyl groups is 1. The summed E-state index contributed by atoms with van der Waals surface area (Å²) in [5.41, 5.74) is 0.781. The molecule has 11 heteroatoms. The van der Waals surface area contributed by atoms with Crippen LogP contribution < -0.4 is 5.32 Å². The Balaban J connectivity index is 2.92. The summed E-state index contributed by atoms with van der Waals surface area (Å²) in [5, 5.41) is 12.5. The van der Waals surface area contributed by atoms with Crippen LogP contribution in [0.25, 0.3) is 0 Å². The van der Waals surface area contributed by atoms with E-state index in [0.717, 1.165) is 31.6 Å². The van der Waals surface area contributed by atoms with Crippen LogP contribution in [0.3, 0.4) is 0 Å². The molecule has 0 spiro atoms. The Labute approximate surface area is 186 Å². The number of phenols is 1. The molecule has 1 aromatic rings. The maximum Gasteiger partial charge on any atom is 0.412 e. The van der Waals surface area contributed by atoms with Gasteiger partial charge in [0.15, 0.2) is 6.73 Å². The van der Waals surface area contributed by atoms with Gasteiger partial charge in [0.05, 0.1) is 20.8 Å². The number of nitrogens with one attached hydrogen (secondary N) is 1. The van der Waals surface area contributed by atoms with Crippen molar-refractivity contribution < 1.29 is 43.2 Å². The predicted molar refractivity (Wildman–Crippen MR) is 112 cm³/mol. The molecule has 0 heterocycles. The summed E-state index contributed by atoms with van der Waals surface area (Å²) < 4.78 is 19.4. The van der Waals surface area contributed by atoms with Crippen molar-refractivity contribution in [2.45, 2.75) is 38.8 Å². The lowest BCUT2D eigenvalue weighted by Gasteiger charge is -2.28. The first kappa shape index (κ1) is 26.7. The highest BCUT2D eigenvalue weighted by Crippen LogP contribution is 2.13. The zero-order valence-electron chi connectivity index (χ0n) is 18.7. The van der Waals surface area contributed by atoms with E-state index in [4.69, 9.17) is 14.2 Å². The molecule has 0 aliphatic heterocycles. The zero-order valence-corrected chi connectivity index (χ0v) is 18.7. The predicted octanol–water partition coefficient (Wildman–Crippen LogP) is 0.977. The number of ether oxygens (including phenoxy) is 4. The Kier molecular flexibility index (Phi) is 11.6. The molecule has 0 aliphatic carbocycles. The molecule has 0 aromatic heterocycles. The number of hydrogen-bond acceptors (Lipinski definition) is 10. The number of carbonyl (C=O) groups is 4. The molecule has 178 valence electrons. The van der Waals surface area contributed by atoms with Gasteiger partial charge in [0.25, 0.3) is 0 Å². The maximum atomic E-state index is 12.4. The first-order valence-electron chi connectivity index (χ1n) is 9.97. The molecule has 0 aliphatic rings. The van der Waals surface area contributed by atoms with Gasteiger partial charge in [0.1, 0.15) is 17.8 Å². The van der Waals surface area contributed by atoms with Gasteiger partial charge in [-0.15, -0.1) is 0 Å². The second kappa shape index (κ2) is 13.9. The fraction of sp³-hybridized carbons (Fsp3) is 0.524. The lowest BCUT2D eigenvalue weighted by Crippen LogP contribution is -2.49. The van der Waals surface area contributed by atoms with Crippen LogP contribution in [0.4, 0.5) is 4.79 Å². The first-order chi connectivity index (χ1) is 15.2. The first-order valence-corrected chi connectivity index (χ1v) is 9.97. The van der Waals surface area contributed by atoms with Crippen LogP contribution in [0.5, 0.6) is 5.75 Å². The van der Waals surface area contributed by atoms with Crippen molar-refractivity contribution in [1.29, 1.82) is 0 Å². The molecule has 0 saturated heterocycles. The summed E-state index contributed by atoms with van der Waals surface area (Å²) >= 11 is 0. The molecular formula is C21H30N2O9. The van der Waals surface area contributed by atoms with Crippen LogP contribution in [0.1, 0.15) is 25.8 Å². The summed E-state index contributed by atoms with van der Waals surface area (Å²) in [6.45, 7) is 2.66. The Morgan fingerprint density at radius 2 is 1.69 bits per heavy atom. The molecule has 2 unspecified atom stereocenters. The van der Waals surface area contributed by atoms with E-state index in [9.17, 15) is 24.3 Å². The average Bonchev–Trinajstić information content (AvgIpc) is 2.77. The van der Waals surface area contributed by atoms with E-state index >= 15 is 0 Å². The van der Waals surface area contributed by atoms with Crippen LogP contribution in [-0.2, 0) is 39.8 Å². The van der Waals surface area contributed by atoms with Gasteiger partial charge in [-0.3, -0.25) is 14.5 Å². The van der Waals surface area contributed by atoms with Crippen LogP contribution in [0.15, 0.2) is 24.3 Å². The third kappa shape index (κ3) is 8.80. The van der Waals surface area contributed by atoms with Crippen molar-refractivity contribution in [2.24, 2.45) is 0 Å². The van der Waals surface area contributed by atoms with Gasteiger partial charge in [-0.05, 0) is 44.0 Å². The van der Waals surface area contributed by atoms with Crippen LogP contribution >= 0.6 is 0 Å². The van der Waals surface area contributed by atoms with Gasteiger partial charge in [0.2, 0.25) is 0 Å². The van der Waals surface area contributed by atoms with Gasteiger partial charge < -0.3 is 29.4 Å². The van der Waals surface area contributed by atoms with Crippen molar-refractivity contribution in [3.63, 3.8) is 0 Å². The number of methoxy groups -OCH3 is 2. The van der Waals surface area contributed by atoms with E-state index in [-0.39, 0.29) is 31.7 Å². The molecule has 0 fully saturated rings. The number of esters is 3. The van der Waals surface area contributed by atoms with E-state index in [2.05, 4.69) is 10.1 Å². The van der Waals surface area contributed by atoms with Crippen molar-refractivity contribution in [2.75, 3.05) is 34.1 Å². The van der Waals surface area contributed by atoms with Gasteiger partial charge >= 0.3 is 24.0 Å². The third-order valence-electron chi connectivity index (χ3n) is 4.42. The average molecular weight is 454 g/mol.